The number of carbonyl (C=O) groups is 1. The molecule has 0 fully saturated rings. The molecule has 24 heavy (non-hydrogen) atoms. The smallest absolute Gasteiger partial charge is 0.223 e. The molecule has 0 spiro atoms. The average molecular weight is 327 g/mol. The van der Waals surface area contributed by atoms with Crippen LogP contribution in [0.1, 0.15) is 30.9 Å². The molecule has 0 aliphatic heterocycles. The molecule has 0 saturated heterocycles. The van der Waals surface area contributed by atoms with Crippen LogP contribution in [0.4, 0.5) is 0 Å². The van der Waals surface area contributed by atoms with Crippen LogP contribution >= 0.6 is 0 Å². The van der Waals surface area contributed by atoms with E-state index in [1.807, 2.05) is 41.3 Å². The van der Waals surface area contributed by atoms with Gasteiger partial charge in [0.15, 0.2) is 0 Å². The molecule has 0 heterocycles. The van der Waals surface area contributed by atoms with Gasteiger partial charge in [0.1, 0.15) is 11.5 Å². The summed E-state index contributed by atoms with van der Waals surface area (Å²) in [6.07, 6.45) is 1.82. The highest BCUT2D eigenvalue weighted by Crippen LogP contribution is 2.21. The zero-order valence-corrected chi connectivity index (χ0v) is 14.4. The molecule has 2 aromatic carbocycles. The molecule has 1 N–H and O–H groups in total. The monoisotopic (exact) mass is 327 g/mol. The van der Waals surface area contributed by atoms with Gasteiger partial charge in [-0.3, -0.25) is 4.79 Å². The number of hydrogen-bond acceptors (Lipinski definition) is 3. The predicted octanol–water partition coefficient (Wildman–Crippen LogP) is 3.77. The van der Waals surface area contributed by atoms with Crippen molar-refractivity contribution in [3.63, 3.8) is 0 Å². The van der Waals surface area contributed by atoms with Crippen molar-refractivity contribution in [3.05, 3.63) is 59.7 Å². The van der Waals surface area contributed by atoms with Crippen molar-refractivity contribution in [2.45, 2.75) is 32.7 Å². The number of methoxy groups -OCH3 is 1. The number of phenols is 1. The fourth-order valence-electron chi connectivity index (χ4n) is 2.72. The van der Waals surface area contributed by atoms with E-state index < -0.39 is 0 Å². The van der Waals surface area contributed by atoms with Gasteiger partial charge in [0.25, 0.3) is 0 Å². The Morgan fingerprint density at radius 2 is 1.75 bits per heavy atom. The summed E-state index contributed by atoms with van der Waals surface area (Å²) >= 11 is 0. The summed E-state index contributed by atoms with van der Waals surface area (Å²) in [5, 5.41) is 9.83. The molecule has 2 rings (SSSR count). The molecule has 0 radical (unpaired) electrons. The SMILES string of the molecule is CCCN(Cc1ccccc1OC)C(=O)CCc1ccccc1O. The Morgan fingerprint density at radius 1 is 1.08 bits per heavy atom. The highest BCUT2D eigenvalue weighted by molar-refractivity contribution is 5.76. The van der Waals surface area contributed by atoms with Gasteiger partial charge in [-0.1, -0.05) is 43.3 Å². The summed E-state index contributed by atoms with van der Waals surface area (Å²) in [7, 11) is 1.64. The maximum absolute atomic E-state index is 12.6. The molecule has 4 heteroatoms. The average Bonchev–Trinajstić information content (AvgIpc) is 2.61. The largest absolute Gasteiger partial charge is 0.508 e. The number of aryl methyl sites for hydroxylation is 1. The molecule has 128 valence electrons. The number of amides is 1. The number of benzene rings is 2. The number of nitrogens with zero attached hydrogens (tertiary/aromatic N) is 1. The fourth-order valence-corrected chi connectivity index (χ4v) is 2.72. The lowest BCUT2D eigenvalue weighted by Gasteiger charge is -2.23. The van der Waals surface area contributed by atoms with E-state index in [4.69, 9.17) is 4.74 Å². The fraction of sp³-hybridized carbons (Fsp3) is 0.350. The molecule has 4 nitrogen and oxygen atoms in total. The quantitative estimate of drug-likeness (QED) is 0.803. The molecule has 0 unspecified atom stereocenters. The molecule has 0 aliphatic rings. The van der Waals surface area contributed by atoms with Crippen molar-refractivity contribution >= 4 is 5.91 Å². The van der Waals surface area contributed by atoms with E-state index in [-0.39, 0.29) is 11.7 Å². The van der Waals surface area contributed by atoms with Crippen molar-refractivity contribution in [2.24, 2.45) is 0 Å². The standard InChI is InChI=1S/C20H25NO3/c1-3-14-21(15-17-9-5-7-11-19(17)24-2)20(23)13-12-16-8-4-6-10-18(16)22/h4-11,22H,3,12-15H2,1-2H3. The minimum absolute atomic E-state index is 0.0889. The van der Waals surface area contributed by atoms with Crippen LogP contribution in [0.15, 0.2) is 48.5 Å². The number of phenolic OH excluding ortho intramolecular Hbond substituents is 1. The van der Waals surface area contributed by atoms with Crippen LogP contribution in [0.2, 0.25) is 0 Å². The second-order valence-corrected chi connectivity index (χ2v) is 5.76. The molecular formula is C20H25NO3. The maximum atomic E-state index is 12.6. The number of hydrogen-bond donors (Lipinski definition) is 1. The van der Waals surface area contributed by atoms with Crippen molar-refractivity contribution in [1.82, 2.24) is 4.90 Å². The Morgan fingerprint density at radius 3 is 2.42 bits per heavy atom. The third kappa shape index (κ3) is 4.75. The molecule has 0 aromatic heterocycles. The number of rotatable bonds is 8. The van der Waals surface area contributed by atoms with Crippen LogP contribution in [0.3, 0.4) is 0 Å². The van der Waals surface area contributed by atoms with E-state index in [9.17, 15) is 9.90 Å². The van der Waals surface area contributed by atoms with Gasteiger partial charge in [-0.05, 0) is 30.5 Å². The van der Waals surface area contributed by atoms with Crippen LogP contribution in [0.25, 0.3) is 0 Å². The van der Waals surface area contributed by atoms with Gasteiger partial charge in [-0.15, -0.1) is 0 Å². The van der Waals surface area contributed by atoms with Crippen LogP contribution < -0.4 is 4.74 Å². The van der Waals surface area contributed by atoms with Gasteiger partial charge in [0.05, 0.1) is 7.11 Å². The molecule has 1 amide bonds. The van der Waals surface area contributed by atoms with E-state index >= 15 is 0 Å². The van der Waals surface area contributed by atoms with Crippen molar-refractivity contribution in [1.29, 1.82) is 0 Å². The normalized spacial score (nSPS) is 10.4. The first-order chi connectivity index (χ1) is 11.7. The van der Waals surface area contributed by atoms with Crippen LogP contribution in [-0.4, -0.2) is 29.6 Å². The van der Waals surface area contributed by atoms with E-state index in [1.165, 1.54) is 0 Å². The molecule has 2 aromatic rings. The first-order valence-corrected chi connectivity index (χ1v) is 8.32. The Hall–Kier alpha value is -2.49. The Balaban J connectivity index is 2.03. The first-order valence-electron chi connectivity index (χ1n) is 8.32. The van der Waals surface area contributed by atoms with Gasteiger partial charge in [-0.2, -0.15) is 0 Å². The van der Waals surface area contributed by atoms with Crippen molar-refractivity contribution in [3.8, 4) is 11.5 Å². The molecule has 0 bridgehead atoms. The number of aromatic hydroxyl groups is 1. The van der Waals surface area contributed by atoms with Gasteiger partial charge >= 0.3 is 0 Å². The van der Waals surface area contributed by atoms with E-state index in [2.05, 4.69) is 6.92 Å². The van der Waals surface area contributed by atoms with Crippen molar-refractivity contribution < 1.29 is 14.6 Å². The van der Waals surface area contributed by atoms with E-state index in [1.54, 1.807) is 19.2 Å². The molecule has 0 saturated carbocycles. The number of ether oxygens (including phenoxy) is 1. The van der Waals surface area contributed by atoms with Gasteiger partial charge in [0, 0.05) is 25.1 Å². The van der Waals surface area contributed by atoms with Crippen LogP contribution in [-0.2, 0) is 17.8 Å². The summed E-state index contributed by atoms with van der Waals surface area (Å²) in [5.41, 5.74) is 1.81. The van der Waals surface area contributed by atoms with Gasteiger partial charge < -0.3 is 14.7 Å². The highest BCUT2D eigenvalue weighted by Gasteiger charge is 2.15. The van der Waals surface area contributed by atoms with E-state index in [0.29, 0.717) is 25.9 Å². The summed E-state index contributed by atoms with van der Waals surface area (Å²) < 4.78 is 5.38. The van der Waals surface area contributed by atoms with Crippen LogP contribution in [0.5, 0.6) is 11.5 Å². The Kier molecular flexibility index (Phi) is 6.67. The lowest BCUT2D eigenvalue weighted by Crippen LogP contribution is -2.31. The zero-order chi connectivity index (χ0) is 17.4. The van der Waals surface area contributed by atoms with Gasteiger partial charge in [0.2, 0.25) is 5.91 Å². The minimum Gasteiger partial charge on any atom is -0.508 e. The molecular weight excluding hydrogens is 302 g/mol. The second kappa shape index (κ2) is 8.96. The zero-order valence-electron chi connectivity index (χ0n) is 14.4. The summed E-state index contributed by atoms with van der Waals surface area (Å²) in [6, 6.07) is 14.9. The first kappa shape index (κ1) is 17.9. The Bertz CT molecular complexity index is 669. The lowest BCUT2D eigenvalue weighted by molar-refractivity contribution is -0.131. The van der Waals surface area contributed by atoms with Crippen LogP contribution in [0, 0.1) is 0 Å². The summed E-state index contributed by atoms with van der Waals surface area (Å²) in [5.74, 6) is 1.13. The second-order valence-electron chi connectivity index (χ2n) is 5.76. The highest BCUT2D eigenvalue weighted by atomic mass is 16.5. The number of carbonyl (C=O) groups excluding carboxylic acids is 1. The maximum Gasteiger partial charge on any atom is 0.223 e. The summed E-state index contributed by atoms with van der Waals surface area (Å²) in [6.45, 7) is 3.31. The summed E-state index contributed by atoms with van der Waals surface area (Å²) in [4.78, 5) is 14.5. The third-order valence-electron chi connectivity index (χ3n) is 4.00. The topological polar surface area (TPSA) is 49.8 Å². The van der Waals surface area contributed by atoms with Gasteiger partial charge in [-0.25, -0.2) is 0 Å². The minimum atomic E-state index is 0.0889. The predicted molar refractivity (Wildman–Crippen MR) is 95.1 cm³/mol. The Labute approximate surface area is 143 Å². The lowest BCUT2D eigenvalue weighted by atomic mass is 10.1. The molecule has 0 atom stereocenters. The third-order valence-corrected chi connectivity index (χ3v) is 4.00. The van der Waals surface area contributed by atoms with Crippen molar-refractivity contribution in [2.75, 3.05) is 13.7 Å². The number of para-hydroxylation sites is 2. The van der Waals surface area contributed by atoms with E-state index in [0.717, 1.165) is 23.3 Å². The molecule has 0 aliphatic carbocycles.